The van der Waals surface area contributed by atoms with Crippen LogP contribution in [-0.4, -0.2) is 30.1 Å². The Labute approximate surface area is 163 Å². The lowest BCUT2D eigenvalue weighted by Gasteiger charge is -2.10. The fourth-order valence-electron chi connectivity index (χ4n) is 2.59. The lowest BCUT2D eigenvalue weighted by atomic mass is 10.1. The van der Waals surface area contributed by atoms with Crippen LogP contribution in [0.2, 0.25) is 0 Å². The zero-order valence-electron chi connectivity index (χ0n) is 16.1. The van der Waals surface area contributed by atoms with Gasteiger partial charge in [-0.1, -0.05) is 0 Å². The van der Waals surface area contributed by atoms with E-state index < -0.39 is 0 Å². The zero-order valence-corrected chi connectivity index (χ0v) is 16.1. The van der Waals surface area contributed by atoms with Crippen molar-refractivity contribution in [3.8, 4) is 23.3 Å². The Morgan fingerprint density at radius 2 is 1.39 bits per heavy atom. The maximum Gasteiger partial charge on any atom is 0.322 e. The number of hydrogen-bond acceptors (Lipinski definition) is 6. The highest BCUT2D eigenvalue weighted by Crippen LogP contribution is 2.24. The van der Waals surface area contributed by atoms with Crippen molar-refractivity contribution < 1.29 is 19.0 Å². The average Bonchev–Trinajstić information content (AvgIpc) is 2.68. The third-order valence-corrected chi connectivity index (χ3v) is 3.90. The van der Waals surface area contributed by atoms with E-state index in [2.05, 4.69) is 15.3 Å². The molecule has 1 amide bonds. The molecule has 7 heteroatoms. The van der Waals surface area contributed by atoms with Gasteiger partial charge in [0.15, 0.2) is 0 Å². The van der Waals surface area contributed by atoms with Crippen molar-refractivity contribution in [2.45, 2.75) is 13.8 Å². The van der Waals surface area contributed by atoms with E-state index in [9.17, 15) is 4.79 Å². The van der Waals surface area contributed by atoms with Gasteiger partial charge in [0.1, 0.15) is 17.2 Å². The molecule has 0 aliphatic heterocycles. The lowest BCUT2D eigenvalue weighted by Crippen LogP contribution is -2.12. The van der Waals surface area contributed by atoms with Gasteiger partial charge in [-0.25, -0.2) is 9.97 Å². The zero-order chi connectivity index (χ0) is 20.1. The summed E-state index contributed by atoms with van der Waals surface area (Å²) in [6.45, 7) is 3.77. The monoisotopic (exact) mass is 379 g/mol. The summed E-state index contributed by atoms with van der Waals surface area (Å²) in [6, 6.07) is 14.1. The highest BCUT2D eigenvalue weighted by Gasteiger charge is 2.11. The molecule has 0 atom stereocenters. The van der Waals surface area contributed by atoms with E-state index in [0.29, 0.717) is 28.5 Å². The molecule has 3 aromatic rings. The Bertz CT molecular complexity index is 945. The van der Waals surface area contributed by atoms with Gasteiger partial charge in [-0.15, -0.1) is 0 Å². The second-order valence-electron chi connectivity index (χ2n) is 6.12. The van der Waals surface area contributed by atoms with Crippen LogP contribution < -0.4 is 19.5 Å². The van der Waals surface area contributed by atoms with E-state index in [1.807, 2.05) is 19.9 Å². The summed E-state index contributed by atoms with van der Waals surface area (Å²) in [7, 11) is 3.07. The van der Waals surface area contributed by atoms with Crippen LogP contribution in [0.25, 0.3) is 0 Å². The van der Waals surface area contributed by atoms with Gasteiger partial charge in [0, 0.05) is 28.7 Å². The van der Waals surface area contributed by atoms with Crippen LogP contribution in [0.5, 0.6) is 23.3 Å². The van der Waals surface area contributed by atoms with E-state index in [1.165, 1.54) is 14.2 Å². The predicted octanol–water partition coefficient (Wildman–Crippen LogP) is 4.16. The molecule has 1 heterocycles. The third-order valence-electron chi connectivity index (χ3n) is 3.90. The molecule has 0 fully saturated rings. The van der Waals surface area contributed by atoms with Gasteiger partial charge < -0.3 is 19.5 Å². The van der Waals surface area contributed by atoms with Gasteiger partial charge >= 0.3 is 6.01 Å². The lowest BCUT2D eigenvalue weighted by molar-refractivity contribution is 0.102. The summed E-state index contributed by atoms with van der Waals surface area (Å²) < 4.78 is 16.1. The maximum absolute atomic E-state index is 12.5. The Balaban J connectivity index is 1.71. The molecule has 0 bridgehead atoms. The minimum atomic E-state index is -0.275. The molecule has 7 nitrogen and oxygen atoms in total. The number of aromatic nitrogens is 2. The standard InChI is InChI=1S/C21H21N3O4/c1-13-9-14(2)23-21(22-13)28-17-7-5-16(6-8-17)24-20(25)15-10-18(26-3)12-19(11-15)27-4/h5-12H,1-4H3,(H,24,25). The molecule has 0 unspecified atom stereocenters. The highest BCUT2D eigenvalue weighted by atomic mass is 16.5. The minimum absolute atomic E-state index is 0.275. The van der Waals surface area contributed by atoms with Crippen LogP contribution in [0.15, 0.2) is 48.5 Å². The molecule has 0 radical (unpaired) electrons. The number of rotatable bonds is 6. The second-order valence-corrected chi connectivity index (χ2v) is 6.12. The predicted molar refractivity (Wildman–Crippen MR) is 106 cm³/mol. The fourth-order valence-corrected chi connectivity index (χ4v) is 2.59. The van der Waals surface area contributed by atoms with E-state index in [4.69, 9.17) is 14.2 Å². The molecule has 144 valence electrons. The first-order valence-corrected chi connectivity index (χ1v) is 8.61. The number of nitrogens with one attached hydrogen (secondary N) is 1. The third kappa shape index (κ3) is 4.76. The molecule has 0 aliphatic carbocycles. The normalized spacial score (nSPS) is 10.3. The SMILES string of the molecule is COc1cc(OC)cc(C(=O)Nc2ccc(Oc3nc(C)cc(C)n3)cc2)c1. The average molecular weight is 379 g/mol. The van der Waals surface area contributed by atoms with Gasteiger partial charge in [-0.3, -0.25) is 4.79 Å². The summed E-state index contributed by atoms with van der Waals surface area (Å²) in [4.78, 5) is 21.0. The molecule has 0 spiro atoms. The topological polar surface area (TPSA) is 82.6 Å². The van der Waals surface area contributed by atoms with Crippen LogP contribution in [-0.2, 0) is 0 Å². The van der Waals surface area contributed by atoms with Crippen molar-refractivity contribution in [2.75, 3.05) is 19.5 Å². The summed E-state index contributed by atoms with van der Waals surface area (Å²) in [5, 5.41) is 2.83. The summed E-state index contributed by atoms with van der Waals surface area (Å²) in [6.07, 6.45) is 0. The minimum Gasteiger partial charge on any atom is -0.497 e. The highest BCUT2D eigenvalue weighted by molar-refractivity contribution is 6.04. The van der Waals surface area contributed by atoms with Crippen LogP contribution in [0, 0.1) is 13.8 Å². The molecule has 0 saturated heterocycles. The quantitative estimate of drug-likeness (QED) is 0.693. The van der Waals surface area contributed by atoms with Gasteiger partial charge in [-0.05, 0) is 56.3 Å². The summed E-state index contributed by atoms with van der Waals surface area (Å²) >= 11 is 0. The van der Waals surface area contributed by atoms with Gasteiger partial charge in [-0.2, -0.15) is 0 Å². The van der Waals surface area contributed by atoms with E-state index in [-0.39, 0.29) is 11.9 Å². The number of methoxy groups -OCH3 is 2. The number of aryl methyl sites for hydroxylation is 2. The largest absolute Gasteiger partial charge is 0.497 e. The van der Waals surface area contributed by atoms with Crippen molar-refractivity contribution in [3.63, 3.8) is 0 Å². The number of amides is 1. The molecular weight excluding hydrogens is 358 g/mol. The molecule has 0 saturated carbocycles. The van der Waals surface area contributed by atoms with Crippen molar-refractivity contribution in [1.29, 1.82) is 0 Å². The second kappa shape index (κ2) is 8.39. The van der Waals surface area contributed by atoms with Gasteiger partial charge in [0.25, 0.3) is 5.91 Å². The fraction of sp³-hybridized carbons (Fsp3) is 0.190. The van der Waals surface area contributed by atoms with Gasteiger partial charge in [0.2, 0.25) is 0 Å². The first kappa shape index (κ1) is 19.2. The van der Waals surface area contributed by atoms with E-state index in [1.54, 1.807) is 42.5 Å². The van der Waals surface area contributed by atoms with Crippen LogP contribution >= 0.6 is 0 Å². The van der Waals surface area contributed by atoms with Crippen molar-refractivity contribution in [1.82, 2.24) is 9.97 Å². The Morgan fingerprint density at radius 1 is 0.821 bits per heavy atom. The number of carbonyl (C=O) groups is 1. The molecular formula is C21H21N3O4. The molecule has 0 aliphatic rings. The van der Waals surface area contributed by atoms with E-state index >= 15 is 0 Å². The molecule has 28 heavy (non-hydrogen) atoms. The maximum atomic E-state index is 12.5. The van der Waals surface area contributed by atoms with Gasteiger partial charge in [0.05, 0.1) is 14.2 Å². The summed E-state index contributed by atoms with van der Waals surface area (Å²) in [5.41, 5.74) is 2.72. The summed E-state index contributed by atoms with van der Waals surface area (Å²) in [5.74, 6) is 1.39. The van der Waals surface area contributed by atoms with Crippen molar-refractivity contribution >= 4 is 11.6 Å². The molecule has 2 aromatic carbocycles. The van der Waals surface area contributed by atoms with Crippen LogP contribution in [0.3, 0.4) is 0 Å². The van der Waals surface area contributed by atoms with Crippen molar-refractivity contribution in [2.24, 2.45) is 0 Å². The van der Waals surface area contributed by atoms with Crippen LogP contribution in [0.4, 0.5) is 5.69 Å². The Kier molecular flexibility index (Phi) is 5.74. The number of benzene rings is 2. The Hall–Kier alpha value is -3.61. The number of nitrogens with zero attached hydrogens (tertiary/aromatic N) is 2. The first-order chi connectivity index (χ1) is 13.5. The molecule has 3 rings (SSSR count). The van der Waals surface area contributed by atoms with Crippen molar-refractivity contribution in [3.05, 3.63) is 65.5 Å². The Morgan fingerprint density at radius 3 is 1.93 bits per heavy atom. The van der Waals surface area contributed by atoms with E-state index in [0.717, 1.165) is 11.4 Å². The smallest absolute Gasteiger partial charge is 0.322 e. The number of carbonyl (C=O) groups excluding carboxylic acids is 1. The first-order valence-electron chi connectivity index (χ1n) is 8.61. The number of ether oxygens (including phenoxy) is 3. The number of anilines is 1. The van der Waals surface area contributed by atoms with Crippen LogP contribution in [0.1, 0.15) is 21.7 Å². The number of hydrogen-bond donors (Lipinski definition) is 1. The molecule has 1 aromatic heterocycles. The molecule has 1 N–H and O–H groups in total.